The van der Waals surface area contributed by atoms with Gasteiger partial charge in [-0.3, -0.25) is 9.69 Å². The Kier molecular flexibility index (Phi) is 4.24. The van der Waals surface area contributed by atoms with Crippen molar-refractivity contribution in [1.82, 2.24) is 4.90 Å². The maximum absolute atomic E-state index is 12.5. The minimum Gasteiger partial charge on any atom is -0.457 e. The van der Waals surface area contributed by atoms with Gasteiger partial charge in [0.25, 0.3) is 5.91 Å². The molecule has 4 rings (SSSR count). The molecule has 1 aliphatic carbocycles. The molecule has 1 saturated carbocycles. The number of thiocarbonyl (C=S) groups is 1. The van der Waals surface area contributed by atoms with Gasteiger partial charge in [0, 0.05) is 18.2 Å². The predicted molar refractivity (Wildman–Crippen MR) is 102 cm³/mol. The second kappa shape index (κ2) is 6.39. The fourth-order valence-corrected chi connectivity index (χ4v) is 4.07. The van der Waals surface area contributed by atoms with Crippen LogP contribution in [-0.4, -0.2) is 21.7 Å². The van der Waals surface area contributed by atoms with E-state index in [0.717, 1.165) is 12.1 Å². The molecule has 0 spiro atoms. The minimum absolute atomic E-state index is 0.0207. The van der Waals surface area contributed by atoms with Crippen LogP contribution in [0.15, 0.2) is 45.7 Å². The van der Waals surface area contributed by atoms with Crippen LogP contribution in [0.4, 0.5) is 0 Å². The van der Waals surface area contributed by atoms with Crippen molar-refractivity contribution < 1.29 is 9.21 Å². The van der Waals surface area contributed by atoms with Gasteiger partial charge in [0.1, 0.15) is 15.8 Å². The fraction of sp³-hybridized carbons (Fsp3) is 0.222. The van der Waals surface area contributed by atoms with Crippen LogP contribution in [0.1, 0.15) is 18.6 Å². The van der Waals surface area contributed by atoms with E-state index in [-0.39, 0.29) is 5.91 Å². The van der Waals surface area contributed by atoms with Gasteiger partial charge in [-0.1, -0.05) is 47.7 Å². The standard InChI is InChI=1S/C18H14ClNO2S2/c19-14-4-2-1-3-13(14)15-8-7-12(22-15)9-16-17(21)20(18(23)24-16)10-11-5-6-11/h1-4,7-9,11H,5-6,10H2/b16-9-. The van der Waals surface area contributed by atoms with Crippen molar-refractivity contribution in [2.24, 2.45) is 5.92 Å². The molecule has 1 aromatic carbocycles. The number of hydrogen-bond acceptors (Lipinski definition) is 4. The van der Waals surface area contributed by atoms with E-state index >= 15 is 0 Å². The number of carbonyl (C=O) groups is 1. The van der Waals surface area contributed by atoms with E-state index < -0.39 is 0 Å². The van der Waals surface area contributed by atoms with Crippen molar-refractivity contribution in [3.8, 4) is 11.3 Å². The highest BCUT2D eigenvalue weighted by Gasteiger charge is 2.36. The van der Waals surface area contributed by atoms with Crippen LogP contribution in [0.25, 0.3) is 17.4 Å². The summed E-state index contributed by atoms with van der Waals surface area (Å²) in [5, 5.41) is 0.633. The highest BCUT2D eigenvalue weighted by Crippen LogP contribution is 2.38. The first-order valence-corrected chi connectivity index (χ1v) is 9.32. The molecule has 0 bridgehead atoms. The molecule has 1 saturated heterocycles. The first-order chi connectivity index (χ1) is 11.6. The van der Waals surface area contributed by atoms with Crippen molar-refractivity contribution in [1.29, 1.82) is 0 Å². The molecule has 0 unspecified atom stereocenters. The summed E-state index contributed by atoms with van der Waals surface area (Å²) >= 11 is 12.9. The summed E-state index contributed by atoms with van der Waals surface area (Å²) in [7, 11) is 0. The van der Waals surface area contributed by atoms with Gasteiger partial charge in [0.15, 0.2) is 0 Å². The predicted octanol–water partition coefficient (Wildman–Crippen LogP) is 5.21. The maximum atomic E-state index is 12.5. The second-order valence-electron chi connectivity index (χ2n) is 5.92. The van der Waals surface area contributed by atoms with Crippen LogP contribution in [0.3, 0.4) is 0 Å². The zero-order valence-electron chi connectivity index (χ0n) is 12.7. The Morgan fingerprint density at radius 1 is 1.29 bits per heavy atom. The quantitative estimate of drug-likeness (QED) is 0.542. The summed E-state index contributed by atoms with van der Waals surface area (Å²) < 4.78 is 6.47. The number of thioether (sulfide) groups is 1. The third kappa shape index (κ3) is 3.16. The Labute approximate surface area is 154 Å². The van der Waals surface area contributed by atoms with Gasteiger partial charge in [0.05, 0.1) is 9.93 Å². The number of amides is 1. The van der Waals surface area contributed by atoms with Crippen molar-refractivity contribution >= 4 is 51.9 Å². The molecule has 0 radical (unpaired) electrons. The van der Waals surface area contributed by atoms with Gasteiger partial charge in [0.2, 0.25) is 0 Å². The number of carbonyl (C=O) groups excluding carboxylic acids is 1. The zero-order valence-corrected chi connectivity index (χ0v) is 15.1. The molecule has 1 aliphatic heterocycles. The molecular formula is C18H14ClNO2S2. The number of rotatable bonds is 4. The van der Waals surface area contributed by atoms with Gasteiger partial charge in [-0.05, 0) is 43.0 Å². The molecule has 0 N–H and O–H groups in total. The van der Waals surface area contributed by atoms with Crippen LogP contribution >= 0.6 is 35.6 Å². The average Bonchev–Trinajstić information content (AvgIpc) is 3.21. The van der Waals surface area contributed by atoms with E-state index in [1.807, 2.05) is 36.4 Å². The summed E-state index contributed by atoms with van der Waals surface area (Å²) in [5.41, 5.74) is 0.833. The van der Waals surface area contributed by atoms with Crippen molar-refractivity contribution in [2.45, 2.75) is 12.8 Å². The summed E-state index contributed by atoms with van der Waals surface area (Å²) in [6.45, 7) is 0.741. The number of benzene rings is 1. The molecule has 122 valence electrons. The third-order valence-corrected chi connectivity index (χ3v) is 5.76. The lowest BCUT2D eigenvalue weighted by Gasteiger charge is -2.12. The van der Waals surface area contributed by atoms with Crippen molar-refractivity contribution in [3.63, 3.8) is 0 Å². The lowest BCUT2D eigenvalue weighted by atomic mass is 10.2. The Hall–Kier alpha value is -1.56. The SMILES string of the molecule is O=C1/C(=C/c2ccc(-c3ccccc3Cl)o2)SC(=S)N1CC1CC1. The van der Waals surface area contributed by atoms with Crippen LogP contribution in [0.2, 0.25) is 5.02 Å². The van der Waals surface area contributed by atoms with Gasteiger partial charge in [-0.15, -0.1) is 0 Å². The average molecular weight is 376 g/mol. The van der Waals surface area contributed by atoms with Crippen LogP contribution < -0.4 is 0 Å². The Balaban J connectivity index is 1.57. The number of hydrogen-bond donors (Lipinski definition) is 0. The van der Waals surface area contributed by atoms with Crippen LogP contribution in [-0.2, 0) is 4.79 Å². The lowest BCUT2D eigenvalue weighted by molar-refractivity contribution is -0.122. The molecule has 2 fully saturated rings. The molecule has 3 nitrogen and oxygen atoms in total. The molecule has 2 heterocycles. The first kappa shape index (κ1) is 15.9. The second-order valence-corrected chi connectivity index (χ2v) is 8.00. The summed E-state index contributed by atoms with van der Waals surface area (Å²) in [6.07, 6.45) is 4.14. The molecule has 1 aromatic heterocycles. The van der Waals surface area contributed by atoms with Crippen LogP contribution in [0, 0.1) is 5.92 Å². The largest absolute Gasteiger partial charge is 0.457 e. The van der Waals surface area contributed by atoms with Gasteiger partial charge < -0.3 is 4.42 Å². The van der Waals surface area contributed by atoms with Crippen LogP contribution in [0.5, 0.6) is 0 Å². The summed E-state index contributed by atoms with van der Waals surface area (Å²) in [4.78, 5) is 14.8. The molecule has 2 aliphatic rings. The Bertz CT molecular complexity index is 854. The summed E-state index contributed by atoms with van der Waals surface area (Å²) in [6, 6.07) is 11.2. The van der Waals surface area contributed by atoms with E-state index in [2.05, 4.69) is 0 Å². The highest BCUT2D eigenvalue weighted by atomic mass is 35.5. The number of halogens is 1. The lowest BCUT2D eigenvalue weighted by Crippen LogP contribution is -2.29. The van der Waals surface area contributed by atoms with Gasteiger partial charge >= 0.3 is 0 Å². The van der Waals surface area contributed by atoms with E-state index in [1.165, 1.54) is 24.6 Å². The molecule has 0 atom stereocenters. The van der Waals surface area contributed by atoms with E-state index in [9.17, 15) is 4.79 Å². The molecule has 2 aromatic rings. The topological polar surface area (TPSA) is 33.5 Å². The van der Waals surface area contributed by atoms with E-state index in [0.29, 0.717) is 31.7 Å². The van der Waals surface area contributed by atoms with E-state index in [4.69, 9.17) is 28.2 Å². The Morgan fingerprint density at radius 3 is 2.83 bits per heavy atom. The molecule has 1 amide bonds. The minimum atomic E-state index is -0.0207. The normalized spacial score (nSPS) is 19.5. The summed E-state index contributed by atoms with van der Waals surface area (Å²) in [5.74, 6) is 1.90. The number of furan rings is 1. The maximum Gasteiger partial charge on any atom is 0.266 e. The van der Waals surface area contributed by atoms with Gasteiger partial charge in [-0.2, -0.15) is 0 Å². The van der Waals surface area contributed by atoms with Crippen molar-refractivity contribution in [3.05, 3.63) is 52.1 Å². The van der Waals surface area contributed by atoms with Gasteiger partial charge in [-0.25, -0.2) is 0 Å². The first-order valence-electron chi connectivity index (χ1n) is 7.72. The Morgan fingerprint density at radius 2 is 2.08 bits per heavy atom. The molecule has 24 heavy (non-hydrogen) atoms. The fourth-order valence-electron chi connectivity index (χ4n) is 2.58. The zero-order chi connectivity index (χ0) is 16.7. The van der Waals surface area contributed by atoms with E-state index in [1.54, 1.807) is 11.0 Å². The van der Waals surface area contributed by atoms with Crippen molar-refractivity contribution in [2.75, 3.05) is 6.54 Å². The highest BCUT2D eigenvalue weighted by molar-refractivity contribution is 8.26. The molecular weight excluding hydrogens is 362 g/mol. The molecule has 6 heteroatoms. The number of nitrogens with zero attached hydrogens (tertiary/aromatic N) is 1. The third-order valence-electron chi connectivity index (χ3n) is 4.05. The monoisotopic (exact) mass is 375 g/mol. The smallest absolute Gasteiger partial charge is 0.266 e.